The van der Waals surface area contributed by atoms with Crippen LogP contribution in [0.5, 0.6) is 0 Å². The van der Waals surface area contributed by atoms with Crippen LogP contribution in [0.1, 0.15) is 40.1 Å². The van der Waals surface area contributed by atoms with Crippen LogP contribution in [0, 0.1) is 6.92 Å². The van der Waals surface area contributed by atoms with Crippen LogP contribution in [-0.2, 0) is 14.6 Å². The number of methoxy groups -OCH3 is 1. The number of hydrogen-bond donors (Lipinski definition) is 1. The summed E-state index contributed by atoms with van der Waals surface area (Å²) in [7, 11) is -2.61. The zero-order valence-corrected chi connectivity index (χ0v) is 12.4. The van der Waals surface area contributed by atoms with Gasteiger partial charge in [-0.3, -0.25) is 0 Å². The average molecular weight is 300 g/mol. The number of carbonyl (C=O) groups is 2. The maximum Gasteiger partial charge on any atom is 0.339 e. The van der Waals surface area contributed by atoms with E-state index in [0.717, 1.165) is 13.2 Å². The quantitative estimate of drug-likeness (QED) is 0.849. The van der Waals surface area contributed by atoms with Crippen LogP contribution in [0.15, 0.2) is 17.0 Å². The highest BCUT2D eigenvalue weighted by atomic mass is 32.2. The molecule has 0 saturated heterocycles. The molecule has 0 radical (unpaired) electrons. The number of rotatable bonds is 4. The zero-order valence-electron chi connectivity index (χ0n) is 11.6. The predicted octanol–water partition coefficient (Wildman–Crippen LogP) is 1.66. The number of carboxylic acid groups (broad SMARTS) is 1. The van der Waals surface area contributed by atoms with Gasteiger partial charge >= 0.3 is 11.9 Å². The Morgan fingerprint density at radius 1 is 1.25 bits per heavy atom. The lowest BCUT2D eigenvalue weighted by Crippen LogP contribution is -2.20. The molecule has 0 bridgehead atoms. The molecular formula is C13H16O6S. The van der Waals surface area contributed by atoms with Crippen LogP contribution in [0.3, 0.4) is 0 Å². The third-order valence-corrected chi connectivity index (χ3v) is 5.17. The van der Waals surface area contributed by atoms with Crippen molar-refractivity contribution in [2.24, 2.45) is 0 Å². The highest BCUT2D eigenvalue weighted by Crippen LogP contribution is 2.26. The summed E-state index contributed by atoms with van der Waals surface area (Å²) in [5.41, 5.74) is -0.278. The minimum atomic E-state index is -3.72. The van der Waals surface area contributed by atoms with Gasteiger partial charge in [0.15, 0.2) is 9.84 Å². The summed E-state index contributed by atoms with van der Waals surface area (Å²) in [4.78, 5) is 22.7. The first-order chi connectivity index (χ1) is 9.14. The molecule has 0 atom stereocenters. The SMILES string of the molecule is COC(=O)c1c(S(=O)(=O)C(C)C)ccc(C(=O)O)c1C. The molecule has 1 aromatic carbocycles. The number of hydrogen-bond acceptors (Lipinski definition) is 5. The summed E-state index contributed by atoms with van der Waals surface area (Å²) in [6.07, 6.45) is 0. The van der Waals surface area contributed by atoms with E-state index in [1.807, 2.05) is 0 Å². The van der Waals surface area contributed by atoms with Crippen molar-refractivity contribution in [3.05, 3.63) is 28.8 Å². The molecule has 0 heterocycles. The molecule has 0 fully saturated rings. The van der Waals surface area contributed by atoms with Crippen molar-refractivity contribution in [2.45, 2.75) is 30.9 Å². The van der Waals surface area contributed by atoms with E-state index in [4.69, 9.17) is 5.11 Å². The first kappa shape index (κ1) is 16.2. The Balaban J connectivity index is 3.76. The molecule has 7 heteroatoms. The summed E-state index contributed by atoms with van der Waals surface area (Å²) in [6, 6.07) is 2.32. The third kappa shape index (κ3) is 2.67. The molecule has 1 aromatic rings. The van der Waals surface area contributed by atoms with E-state index in [-0.39, 0.29) is 21.6 Å². The van der Waals surface area contributed by atoms with Crippen LogP contribution in [0.25, 0.3) is 0 Å². The van der Waals surface area contributed by atoms with E-state index >= 15 is 0 Å². The fourth-order valence-corrected chi connectivity index (χ4v) is 3.05. The summed E-state index contributed by atoms with van der Waals surface area (Å²) in [5, 5.41) is 8.31. The maximum absolute atomic E-state index is 12.3. The normalized spacial score (nSPS) is 11.4. The van der Waals surface area contributed by atoms with Crippen molar-refractivity contribution < 1.29 is 27.9 Å². The Labute approximate surface area is 117 Å². The predicted molar refractivity (Wildman–Crippen MR) is 71.8 cm³/mol. The first-order valence-electron chi connectivity index (χ1n) is 5.83. The van der Waals surface area contributed by atoms with Crippen molar-refractivity contribution >= 4 is 21.8 Å². The van der Waals surface area contributed by atoms with Crippen LogP contribution in [0.4, 0.5) is 0 Å². The molecule has 0 aliphatic carbocycles. The molecule has 0 aliphatic heterocycles. The van der Waals surface area contributed by atoms with Crippen LogP contribution in [-0.4, -0.2) is 37.8 Å². The van der Waals surface area contributed by atoms with E-state index in [0.29, 0.717) is 0 Å². The maximum atomic E-state index is 12.3. The van der Waals surface area contributed by atoms with Gasteiger partial charge in [0, 0.05) is 0 Å². The van der Waals surface area contributed by atoms with Crippen molar-refractivity contribution in [1.82, 2.24) is 0 Å². The Hall–Kier alpha value is -1.89. The molecule has 0 amide bonds. The smallest absolute Gasteiger partial charge is 0.339 e. The number of carboxylic acids is 1. The molecule has 1 N–H and O–H groups in total. The van der Waals surface area contributed by atoms with Gasteiger partial charge < -0.3 is 9.84 Å². The van der Waals surface area contributed by atoms with Gasteiger partial charge in [-0.25, -0.2) is 18.0 Å². The van der Waals surface area contributed by atoms with E-state index < -0.39 is 27.0 Å². The summed E-state index contributed by atoms with van der Waals surface area (Å²) in [6.45, 7) is 4.35. The first-order valence-corrected chi connectivity index (χ1v) is 7.38. The number of sulfone groups is 1. The lowest BCUT2D eigenvalue weighted by atomic mass is 10.0. The number of esters is 1. The molecule has 6 nitrogen and oxygen atoms in total. The number of benzene rings is 1. The standard InChI is InChI=1S/C13H16O6S/c1-7(2)20(17,18)10-6-5-9(12(14)15)8(3)11(10)13(16)19-4/h5-7H,1-4H3,(H,14,15). The molecule has 0 aromatic heterocycles. The molecule has 20 heavy (non-hydrogen) atoms. The highest BCUT2D eigenvalue weighted by Gasteiger charge is 2.29. The number of aromatic carboxylic acids is 1. The summed E-state index contributed by atoms with van der Waals surface area (Å²) < 4.78 is 29.1. The topological polar surface area (TPSA) is 97.7 Å². The van der Waals surface area contributed by atoms with Gasteiger partial charge in [-0.05, 0) is 38.5 Å². The molecule has 0 unspecified atom stereocenters. The molecular weight excluding hydrogens is 284 g/mol. The monoisotopic (exact) mass is 300 g/mol. The van der Waals surface area contributed by atoms with Gasteiger partial charge in [0.25, 0.3) is 0 Å². The van der Waals surface area contributed by atoms with Gasteiger partial charge in [0.1, 0.15) is 0 Å². The van der Waals surface area contributed by atoms with Crippen LogP contribution >= 0.6 is 0 Å². The Morgan fingerprint density at radius 3 is 2.20 bits per heavy atom. The van der Waals surface area contributed by atoms with Gasteiger partial charge in [-0.1, -0.05) is 0 Å². The average Bonchev–Trinajstić information content (AvgIpc) is 2.36. The Bertz CT molecular complexity index is 658. The molecule has 1 rings (SSSR count). The second-order valence-corrected chi connectivity index (χ2v) is 6.97. The summed E-state index contributed by atoms with van der Waals surface area (Å²) in [5.74, 6) is -2.11. The van der Waals surface area contributed by atoms with E-state index in [1.54, 1.807) is 0 Å². The number of ether oxygens (including phenoxy) is 1. The molecule has 0 aliphatic rings. The summed E-state index contributed by atoms with van der Waals surface area (Å²) >= 11 is 0. The molecule has 0 spiro atoms. The highest BCUT2D eigenvalue weighted by molar-refractivity contribution is 7.92. The minimum absolute atomic E-state index is 0.0751. The zero-order chi connectivity index (χ0) is 15.7. The fourth-order valence-electron chi connectivity index (χ4n) is 1.77. The van der Waals surface area contributed by atoms with Crippen molar-refractivity contribution in [3.63, 3.8) is 0 Å². The van der Waals surface area contributed by atoms with Gasteiger partial charge in [-0.2, -0.15) is 0 Å². The minimum Gasteiger partial charge on any atom is -0.478 e. The van der Waals surface area contributed by atoms with Gasteiger partial charge in [0.05, 0.1) is 28.4 Å². The third-order valence-electron chi connectivity index (χ3n) is 2.97. The van der Waals surface area contributed by atoms with E-state index in [2.05, 4.69) is 4.74 Å². The molecule has 0 saturated carbocycles. The second-order valence-electron chi connectivity index (χ2n) is 4.50. The van der Waals surface area contributed by atoms with E-state index in [9.17, 15) is 18.0 Å². The number of carbonyl (C=O) groups excluding carboxylic acids is 1. The lowest BCUT2D eigenvalue weighted by Gasteiger charge is -2.15. The lowest BCUT2D eigenvalue weighted by molar-refractivity contribution is 0.0595. The van der Waals surface area contributed by atoms with Crippen LogP contribution in [0.2, 0.25) is 0 Å². The van der Waals surface area contributed by atoms with Crippen molar-refractivity contribution in [3.8, 4) is 0 Å². The van der Waals surface area contributed by atoms with Crippen molar-refractivity contribution in [1.29, 1.82) is 0 Å². The Kier molecular flexibility index (Phi) is 4.54. The van der Waals surface area contributed by atoms with Gasteiger partial charge in [-0.15, -0.1) is 0 Å². The second kappa shape index (κ2) is 5.62. The largest absolute Gasteiger partial charge is 0.478 e. The fraction of sp³-hybridized carbons (Fsp3) is 0.385. The van der Waals surface area contributed by atoms with E-state index in [1.165, 1.54) is 26.8 Å². The van der Waals surface area contributed by atoms with Crippen LogP contribution < -0.4 is 0 Å². The van der Waals surface area contributed by atoms with Crippen molar-refractivity contribution in [2.75, 3.05) is 7.11 Å². The molecule has 110 valence electrons. The Morgan fingerprint density at radius 2 is 1.80 bits per heavy atom. The van der Waals surface area contributed by atoms with Gasteiger partial charge in [0.2, 0.25) is 0 Å².